The van der Waals surface area contributed by atoms with Crippen LogP contribution in [0, 0.1) is 0 Å². The standard InChI is InChI=1S/C35H42N6O8/c1-2-3-10-27-39-32-33(40(27)21-23-8-4-9-26(42)34(23)47)24-20-22(11-12-25(24)38-35(32)36)7-5-18-48-19-6-17-37-28(43)13-16-31(46)49-41-29(44)14-15-30(41)45/h4,8-9,11-12,20,42,47H,2-3,5-7,10,13-19,21H2,1H3,(H2,36,38)(H,37,43). The largest absolute Gasteiger partial charge is 0.504 e. The highest BCUT2D eigenvalue weighted by Crippen LogP contribution is 2.34. The fourth-order valence-corrected chi connectivity index (χ4v) is 5.72. The van der Waals surface area contributed by atoms with E-state index in [0.29, 0.717) is 54.7 Å². The summed E-state index contributed by atoms with van der Waals surface area (Å²) in [5.41, 5.74) is 10.2. The molecule has 14 nitrogen and oxygen atoms in total. The van der Waals surface area contributed by atoms with Crippen LogP contribution < -0.4 is 11.1 Å². The molecule has 0 aliphatic carbocycles. The Morgan fingerprint density at radius 2 is 1.76 bits per heavy atom. The Bertz CT molecular complexity index is 1840. The topological polar surface area (TPSA) is 199 Å². The van der Waals surface area contributed by atoms with Gasteiger partial charge in [0.05, 0.1) is 24.0 Å². The molecule has 0 radical (unpaired) electrons. The number of unbranched alkanes of at least 4 members (excludes halogenated alkanes) is 1. The van der Waals surface area contributed by atoms with Crippen LogP contribution in [0.2, 0.25) is 0 Å². The number of amides is 3. The number of hydrogen-bond donors (Lipinski definition) is 4. The van der Waals surface area contributed by atoms with E-state index in [9.17, 15) is 29.4 Å². The molecule has 260 valence electrons. The molecule has 2 aromatic carbocycles. The van der Waals surface area contributed by atoms with Gasteiger partial charge in [0.25, 0.3) is 11.8 Å². The molecule has 1 aliphatic heterocycles. The number of ether oxygens (including phenoxy) is 1. The zero-order valence-corrected chi connectivity index (χ0v) is 27.6. The second kappa shape index (κ2) is 16.2. The lowest BCUT2D eigenvalue weighted by Crippen LogP contribution is -2.32. The predicted molar refractivity (Wildman–Crippen MR) is 180 cm³/mol. The number of carbonyl (C=O) groups excluding carboxylic acids is 4. The number of aromatic hydroxyl groups is 2. The minimum absolute atomic E-state index is 0.0126. The maximum Gasteiger partial charge on any atom is 0.333 e. The van der Waals surface area contributed by atoms with Crippen molar-refractivity contribution in [2.75, 3.05) is 25.5 Å². The summed E-state index contributed by atoms with van der Waals surface area (Å²) in [5, 5.41) is 24.8. The second-order valence-electron chi connectivity index (χ2n) is 12.0. The number of hydrogen-bond acceptors (Lipinski definition) is 11. The number of hydroxylamine groups is 2. The summed E-state index contributed by atoms with van der Waals surface area (Å²) in [6.07, 6.45) is 4.43. The van der Waals surface area contributed by atoms with Gasteiger partial charge in [-0.15, -0.1) is 5.06 Å². The molecule has 14 heteroatoms. The average molecular weight is 675 g/mol. The van der Waals surface area contributed by atoms with E-state index in [1.165, 1.54) is 6.07 Å². The number of pyridine rings is 1. The van der Waals surface area contributed by atoms with Gasteiger partial charge in [-0.25, -0.2) is 14.8 Å². The number of phenols is 2. The summed E-state index contributed by atoms with van der Waals surface area (Å²) in [4.78, 5) is 61.2. The Kier molecular flexibility index (Phi) is 11.6. The predicted octanol–water partition coefficient (Wildman–Crippen LogP) is 3.81. The molecule has 4 aromatic rings. The van der Waals surface area contributed by atoms with Crippen LogP contribution >= 0.6 is 0 Å². The van der Waals surface area contributed by atoms with Crippen LogP contribution in [0.4, 0.5) is 5.82 Å². The van der Waals surface area contributed by atoms with Gasteiger partial charge in [-0.3, -0.25) is 14.4 Å². The van der Waals surface area contributed by atoms with Crippen LogP contribution in [0.3, 0.4) is 0 Å². The second-order valence-corrected chi connectivity index (χ2v) is 12.0. The van der Waals surface area contributed by atoms with Gasteiger partial charge in [0.2, 0.25) is 5.91 Å². The summed E-state index contributed by atoms with van der Waals surface area (Å²) in [6.45, 7) is 3.77. The molecule has 1 fully saturated rings. The van der Waals surface area contributed by atoms with Gasteiger partial charge in [0, 0.05) is 56.4 Å². The van der Waals surface area contributed by atoms with Gasteiger partial charge in [-0.2, -0.15) is 0 Å². The minimum atomic E-state index is -0.811. The van der Waals surface area contributed by atoms with Gasteiger partial charge in [-0.1, -0.05) is 31.5 Å². The van der Waals surface area contributed by atoms with Crippen molar-refractivity contribution in [3.05, 3.63) is 53.3 Å². The Morgan fingerprint density at radius 1 is 0.980 bits per heavy atom. The highest BCUT2D eigenvalue weighted by molar-refractivity contribution is 6.07. The Hall–Kier alpha value is -5.24. The third-order valence-corrected chi connectivity index (χ3v) is 8.32. The van der Waals surface area contributed by atoms with Gasteiger partial charge >= 0.3 is 5.97 Å². The van der Waals surface area contributed by atoms with Gasteiger partial charge in [-0.05, 0) is 49.4 Å². The maximum atomic E-state index is 12.0. The number of nitrogens with one attached hydrogen (secondary N) is 1. The van der Waals surface area contributed by atoms with Crippen LogP contribution in [0.15, 0.2) is 36.4 Å². The van der Waals surface area contributed by atoms with Crippen molar-refractivity contribution in [1.82, 2.24) is 24.9 Å². The van der Waals surface area contributed by atoms with Gasteiger partial charge in [0.15, 0.2) is 17.3 Å². The first kappa shape index (κ1) is 35.1. The van der Waals surface area contributed by atoms with E-state index >= 15 is 0 Å². The number of phenolic OH excluding ortho intramolecular Hbond substituents is 2. The fraction of sp³-hybridized carbons (Fsp3) is 0.429. The molecule has 5 N–H and O–H groups in total. The molecule has 1 aliphatic rings. The quantitative estimate of drug-likeness (QED) is 0.0721. The number of imidazole rings is 1. The number of fused-ring (bicyclic) bond motifs is 3. The number of benzene rings is 2. The van der Waals surface area contributed by atoms with Crippen molar-refractivity contribution < 1.29 is 39.0 Å². The first-order valence-corrected chi connectivity index (χ1v) is 16.6. The molecule has 0 unspecified atom stereocenters. The summed E-state index contributed by atoms with van der Waals surface area (Å²) >= 11 is 0. The third kappa shape index (κ3) is 8.62. The number of para-hydroxylation sites is 1. The van der Waals surface area contributed by atoms with Crippen LogP contribution in [-0.2, 0) is 48.1 Å². The average Bonchev–Trinajstić information content (AvgIpc) is 3.61. The van der Waals surface area contributed by atoms with Crippen LogP contribution in [0.1, 0.15) is 75.2 Å². The van der Waals surface area contributed by atoms with E-state index < -0.39 is 17.8 Å². The number of nitrogens with two attached hydrogens (primary N) is 1. The maximum absolute atomic E-state index is 12.0. The first-order chi connectivity index (χ1) is 23.7. The van der Waals surface area contributed by atoms with E-state index in [1.54, 1.807) is 12.1 Å². The smallest absolute Gasteiger partial charge is 0.333 e. The fourth-order valence-electron chi connectivity index (χ4n) is 5.72. The molecule has 1 saturated heterocycles. The summed E-state index contributed by atoms with van der Waals surface area (Å²) < 4.78 is 7.83. The molecule has 0 spiro atoms. The molecular weight excluding hydrogens is 632 g/mol. The summed E-state index contributed by atoms with van der Waals surface area (Å²) in [7, 11) is 0. The minimum Gasteiger partial charge on any atom is -0.504 e. The first-order valence-electron chi connectivity index (χ1n) is 16.6. The van der Waals surface area contributed by atoms with E-state index in [0.717, 1.165) is 59.9 Å². The third-order valence-electron chi connectivity index (χ3n) is 8.32. The monoisotopic (exact) mass is 674 g/mol. The normalized spacial score (nSPS) is 13.1. The number of rotatable bonds is 17. The molecule has 49 heavy (non-hydrogen) atoms. The van der Waals surface area contributed by atoms with E-state index in [2.05, 4.69) is 27.9 Å². The lowest BCUT2D eigenvalue weighted by molar-refractivity contribution is -0.197. The lowest BCUT2D eigenvalue weighted by atomic mass is 10.1. The zero-order valence-electron chi connectivity index (χ0n) is 27.6. The Labute approximate surface area is 283 Å². The van der Waals surface area contributed by atoms with Crippen molar-refractivity contribution >= 4 is 51.4 Å². The summed E-state index contributed by atoms with van der Waals surface area (Å²) in [6, 6.07) is 11.0. The van der Waals surface area contributed by atoms with Crippen LogP contribution in [0.5, 0.6) is 11.5 Å². The van der Waals surface area contributed by atoms with Crippen molar-refractivity contribution in [2.24, 2.45) is 0 Å². The number of nitrogen functional groups attached to an aromatic ring is 1. The van der Waals surface area contributed by atoms with Crippen molar-refractivity contribution in [3.63, 3.8) is 0 Å². The number of carbonyl (C=O) groups is 4. The lowest BCUT2D eigenvalue weighted by Gasteiger charge is -2.13. The molecular formula is C35H42N6O8. The molecule has 3 amide bonds. The highest BCUT2D eigenvalue weighted by Gasteiger charge is 2.32. The molecule has 0 saturated carbocycles. The Morgan fingerprint density at radius 3 is 2.53 bits per heavy atom. The van der Waals surface area contributed by atoms with Crippen molar-refractivity contribution in [3.8, 4) is 11.5 Å². The molecule has 2 aromatic heterocycles. The number of aryl methyl sites for hydroxylation is 2. The number of aromatic nitrogens is 3. The molecule has 0 atom stereocenters. The molecule has 0 bridgehead atoms. The molecule has 5 rings (SSSR count). The van der Waals surface area contributed by atoms with Crippen LogP contribution in [0.25, 0.3) is 21.9 Å². The highest BCUT2D eigenvalue weighted by atomic mass is 16.7. The number of imide groups is 1. The van der Waals surface area contributed by atoms with E-state index in [1.807, 2.05) is 12.1 Å². The SMILES string of the molecule is CCCCc1nc2c(N)nc3ccc(CCCOCCCNC(=O)CCC(=O)ON4C(=O)CCC4=O)cc3c2n1Cc1cccc(O)c1O. The van der Waals surface area contributed by atoms with E-state index in [4.69, 9.17) is 20.3 Å². The number of anilines is 1. The Balaban J connectivity index is 1.12. The van der Waals surface area contributed by atoms with Gasteiger partial charge in [0.1, 0.15) is 11.3 Å². The van der Waals surface area contributed by atoms with Crippen LogP contribution in [-0.4, -0.2) is 73.3 Å². The van der Waals surface area contributed by atoms with E-state index in [-0.39, 0.29) is 43.1 Å². The van der Waals surface area contributed by atoms with Gasteiger partial charge < -0.3 is 35.4 Å². The summed E-state index contributed by atoms with van der Waals surface area (Å²) in [5.74, 6) is -1.43. The number of nitrogens with zero attached hydrogens (tertiary/aromatic N) is 4. The van der Waals surface area contributed by atoms with Crippen molar-refractivity contribution in [1.29, 1.82) is 0 Å². The van der Waals surface area contributed by atoms with Crippen molar-refractivity contribution in [2.45, 2.75) is 77.7 Å². The molecule has 3 heterocycles. The zero-order chi connectivity index (χ0) is 34.9.